The van der Waals surface area contributed by atoms with Crippen LogP contribution in [0.3, 0.4) is 0 Å². The highest BCUT2D eigenvalue weighted by Gasteiger charge is 2.13. The Morgan fingerprint density at radius 2 is 1.93 bits per heavy atom. The molecule has 0 atom stereocenters. The fourth-order valence-corrected chi connectivity index (χ4v) is 2.88. The Hall–Kier alpha value is -1.33. The van der Waals surface area contributed by atoms with Gasteiger partial charge in [0.2, 0.25) is 5.91 Å². The zero-order valence-corrected chi connectivity index (χ0v) is 20.2. The number of carbonyl (C=O) groups is 1. The van der Waals surface area contributed by atoms with E-state index in [4.69, 9.17) is 9.15 Å². The number of nitrogens with zero attached hydrogens (tertiary/aromatic N) is 2. The van der Waals surface area contributed by atoms with Crippen molar-refractivity contribution in [1.82, 2.24) is 20.9 Å². The van der Waals surface area contributed by atoms with E-state index in [1.54, 1.807) is 6.26 Å². The number of morpholine rings is 1. The SMILES string of the molecule is CC(C)(C)NC(=O)CN=C(NCCCN1CCOCC1)NCCc1ccco1.I. The van der Waals surface area contributed by atoms with E-state index in [0.717, 1.165) is 58.0 Å². The summed E-state index contributed by atoms with van der Waals surface area (Å²) < 4.78 is 10.7. The summed E-state index contributed by atoms with van der Waals surface area (Å²) in [4.78, 5) is 18.9. The van der Waals surface area contributed by atoms with Gasteiger partial charge in [-0.05, 0) is 45.9 Å². The van der Waals surface area contributed by atoms with Crippen molar-refractivity contribution in [3.05, 3.63) is 24.2 Å². The first-order chi connectivity index (χ1) is 13.4. The number of amides is 1. The molecule has 0 unspecified atom stereocenters. The molecule has 2 heterocycles. The summed E-state index contributed by atoms with van der Waals surface area (Å²) >= 11 is 0. The van der Waals surface area contributed by atoms with Gasteiger partial charge < -0.3 is 25.1 Å². The quantitative estimate of drug-likeness (QED) is 0.198. The molecular weight excluding hydrogens is 485 g/mol. The molecule has 9 heteroatoms. The summed E-state index contributed by atoms with van der Waals surface area (Å²) in [5.74, 6) is 1.48. The largest absolute Gasteiger partial charge is 0.469 e. The Kier molecular flexibility index (Phi) is 12.2. The topological polar surface area (TPSA) is 91.1 Å². The third-order valence-corrected chi connectivity index (χ3v) is 4.19. The van der Waals surface area contributed by atoms with Gasteiger partial charge in [0.05, 0.1) is 19.5 Å². The van der Waals surface area contributed by atoms with Gasteiger partial charge >= 0.3 is 0 Å². The van der Waals surface area contributed by atoms with Gasteiger partial charge in [-0.3, -0.25) is 9.69 Å². The lowest BCUT2D eigenvalue weighted by Crippen LogP contribution is -2.44. The van der Waals surface area contributed by atoms with Crippen molar-refractivity contribution >= 4 is 35.8 Å². The lowest BCUT2D eigenvalue weighted by molar-refractivity contribution is -0.121. The molecule has 0 radical (unpaired) electrons. The molecule has 0 aliphatic carbocycles. The number of ether oxygens (including phenoxy) is 1. The van der Waals surface area contributed by atoms with Crippen molar-refractivity contribution in [2.75, 3.05) is 52.5 Å². The third kappa shape index (κ3) is 12.1. The van der Waals surface area contributed by atoms with Crippen LogP contribution in [0.4, 0.5) is 0 Å². The molecule has 1 amide bonds. The van der Waals surface area contributed by atoms with Gasteiger partial charge in [-0.15, -0.1) is 24.0 Å². The molecule has 0 aromatic carbocycles. The molecule has 1 aliphatic rings. The fraction of sp³-hybridized carbons (Fsp3) is 0.700. The summed E-state index contributed by atoms with van der Waals surface area (Å²) in [6, 6.07) is 3.83. The predicted octanol–water partition coefficient (Wildman–Crippen LogP) is 1.61. The average molecular weight is 521 g/mol. The van der Waals surface area contributed by atoms with Gasteiger partial charge in [0.1, 0.15) is 12.3 Å². The number of nitrogens with one attached hydrogen (secondary N) is 3. The van der Waals surface area contributed by atoms with Crippen LogP contribution in [0.5, 0.6) is 0 Å². The number of halogens is 1. The van der Waals surface area contributed by atoms with E-state index in [1.807, 2.05) is 32.9 Å². The molecule has 3 N–H and O–H groups in total. The monoisotopic (exact) mass is 521 g/mol. The van der Waals surface area contributed by atoms with Crippen molar-refractivity contribution in [3.63, 3.8) is 0 Å². The zero-order valence-electron chi connectivity index (χ0n) is 17.8. The van der Waals surface area contributed by atoms with Gasteiger partial charge in [-0.25, -0.2) is 4.99 Å². The Balaban J connectivity index is 0.00000420. The Morgan fingerprint density at radius 3 is 2.59 bits per heavy atom. The zero-order chi connectivity index (χ0) is 20.2. The summed E-state index contributed by atoms with van der Waals surface area (Å²) in [5, 5.41) is 9.54. The maximum atomic E-state index is 12.1. The second kappa shape index (κ2) is 13.8. The molecule has 29 heavy (non-hydrogen) atoms. The maximum Gasteiger partial charge on any atom is 0.242 e. The molecule has 1 aliphatic heterocycles. The van der Waals surface area contributed by atoms with Crippen LogP contribution in [0.25, 0.3) is 0 Å². The molecule has 0 spiro atoms. The number of rotatable bonds is 9. The molecule has 8 nitrogen and oxygen atoms in total. The van der Waals surface area contributed by atoms with E-state index in [0.29, 0.717) is 12.5 Å². The molecule has 0 bridgehead atoms. The van der Waals surface area contributed by atoms with Crippen LogP contribution < -0.4 is 16.0 Å². The minimum absolute atomic E-state index is 0. The number of carbonyl (C=O) groups excluding carboxylic acids is 1. The third-order valence-electron chi connectivity index (χ3n) is 4.19. The molecule has 0 saturated carbocycles. The first-order valence-corrected chi connectivity index (χ1v) is 10.1. The number of furan rings is 1. The standard InChI is InChI=1S/C20H35N5O3.HI/c1-20(2,3)24-18(26)16-23-19(22-9-7-17-6-4-13-28-17)21-8-5-10-25-11-14-27-15-12-25;/h4,6,13H,5,7-12,14-16H2,1-3H3,(H,24,26)(H2,21,22,23);1H. The number of guanidine groups is 1. The van der Waals surface area contributed by atoms with Gasteiger partial charge in [-0.1, -0.05) is 0 Å². The summed E-state index contributed by atoms with van der Waals surface area (Å²) in [7, 11) is 0. The van der Waals surface area contributed by atoms with E-state index >= 15 is 0 Å². The Morgan fingerprint density at radius 1 is 1.21 bits per heavy atom. The van der Waals surface area contributed by atoms with Crippen LogP contribution in [0.15, 0.2) is 27.8 Å². The van der Waals surface area contributed by atoms with Crippen molar-refractivity contribution in [3.8, 4) is 0 Å². The molecule has 1 saturated heterocycles. The van der Waals surface area contributed by atoms with Crippen LogP contribution in [0, 0.1) is 0 Å². The lowest BCUT2D eigenvalue weighted by atomic mass is 10.1. The Bertz CT molecular complexity index is 596. The highest BCUT2D eigenvalue weighted by molar-refractivity contribution is 14.0. The highest BCUT2D eigenvalue weighted by atomic mass is 127. The highest BCUT2D eigenvalue weighted by Crippen LogP contribution is 2.00. The molecule has 1 aromatic heterocycles. The second-order valence-corrected chi connectivity index (χ2v) is 7.95. The predicted molar refractivity (Wildman–Crippen MR) is 126 cm³/mol. The first kappa shape index (κ1) is 25.7. The molecular formula is C20H36IN5O3. The van der Waals surface area contributed by atoms with E-state index in [9.17, 15) is 4.79 Å². The smallest absolute Gasteiger partial charge is 0.242 e. The molecule has 1 fully saturated rings. The van der Waals surface area contributed by atoms with Gasteiger partial charge in [0, 0.05) is 38.1 Å². The van der Waals surface area contributed by atoms with Crippen molar-refractivity contribution in [2.45, 2.75) is 39.2 Å². The van der Waals surface area contributed by atoms with Crippen LogP contribution in [-0.2, 0) is 16.0 Å². The van der Waals surface area contributed by atoms with Gasteiger partial charge in [0.15, 0.2) is 5.96 Å². The van der Waals surface area contributed by atoms with E-state index < -0.39 is 0 Å². The van der Waals surface area contributed by atoms with Crippen LogP contribution in [0.2, 0.25) is 0 Å². The number of hydrogen-bond acceptors (Lipinski definition) is 5. The lowest BCUT2D eigenvalue weighted by Gasteiger charge is -2.26. The second-order valence-electron chi connectivity index (χ2n) is 7.95. The number of aliphatic imine (C=N–C) groups is 1. The van der Waals surface area contributed by atoms with Crippen molar-refractivity contribution in [1.29, 1.82) is 0 Å². The minimum atomic E-state index is -0.259. The van der Waals surface area contributed by atoms with Crippen LogP contribution >= 0.6 is 24.0 Å². The first-order valence-electron chi connectivity index (χ1n) is 10.1. The van der Waals surface area contributed by atoms with Crippen LogP contribution in [0.1, 0.15) is 33.0 Å². The van der Waals surface area contributed by atoms with E-state index in [1.165, 1.54) is 0 Å². The van der Waals surface area contributed by atoms with Crippen molar-refractivity contribution in [2.24, 2.45) is 4.99 Å². The van der Waals surface area contributed by atoms with Gasteiger partial charge in [-0.2, -0.15) is 0 Å². The van der Waals surface area contributed by atoms with E-state index in [-0.39, 0.29) is 42.0 Å². The normalized spacial score (nSPS) is 15.5. The van der Waals surface area contributed by atoms with Crippen LogP contribution in [-0.4, -0.2) is 74.8 Å². The minimum Gasteiger partial charge on any atom is -0.469 e. The maximum absolute atomic E-state index is 12.1. The molecule has 166 valence electrons. The summed E-state index contributed by atoms with van der Waals surface area (Å²) in [6.45, 7) is 12.1. The number of hydrogen-bond donors (Lipinski definition) is 3. The molecule has 2 rings (SSSR count). The molecule has 1 aromatic rings. The fourth-order valence-electron chi connectivity index (χ4n) is 2.88. The van der Waals surface area contributed by atoms with Gasteiger partial charge in [0.25, 0.3) is 0 Å². The summed E-state index contributed by atoms with van der Waals surface area (Å²) in [6.07, 6.45) is 3.44. The summed E-state index contributed by atoms with van der Waals surface area (Å²) in [5.41, 5.74) is -0.259. The van der Waals surface area contributed by atoms with Crippen molar-refractivity contribution < 1.29 is 13.9 Å². The average Bonchev–Trinajstić information content (AvgIpc) is 3.15. The Labute approximate surface area is 191 Å². The van der Waals surface area contributed by atoms with E-state index in [2.05, 4.69) is 25.8 Å².